The second-order valence-corrected chi connectivity index (χ2v) is 44.1. The van der Waals surface area contributed by atoms with Crippen LogP contribution in [0.15, 0.2) is 139 Å². The van der Waals surface area contributed by atoms with Crippen LogP contribution in [0.4, 0.5) is 70.0 Å². The van der Waals surface area contributed by atoms with E-state index < -0.39 is 98.0 Å². The maximum atomic E-state index is 14.9. The summed E-state index contributed by atoms with van der Waals surface area (Å²) in [5, 5.41) is 26.6. The summed E-state index contributed by atoms with van der Waals surface area (Å²) < 4.78 is 198. The van der Waals surface area contributed by atoms with Gasteiger partial charge in [-0.1, -0.05) is 45.0 Å². The molecular weight excluding hydrogens is 1950 g/mol. The van der Waals surface area contributed by atoms with Gasteiger partial charge in [-0.2, -0.15) is 31.9 Å². The van der Waals surface area contributed by atoms with E-state index in [2.05, 4.69) is 79.5 Å². The zero-order valence-electron chi connectivity index (χ0n) is 80.4. The van der Waals surface area contributed by atoms with E-state index in [1.807, 2.05) is 76.9 Å². The molecule has 143 heavy (non-hydrogen) atoms. The molecule has 2 saturated carbocycles. The molecule has 45 heteroatoms. The van der Waals surface area contributed by atoms with Crippen LogP contribution in [0.5, 0.6) is 17.6 Å². The number of fused-ring (bicyclic) bond motifs is 4. The number of rotatable bonds is 23. The quantitative estimate of drug-likeness (QED) is 0.0266. The lowest BCUT2D eigenvalue weighted by Gasteiger charge is -2.22. The number of nitrogens with one attached hydrogen (secondary N) is 10. The first-order valence-corrected chi connectivity index (χ1v) is 54.5. The number of aryl methyl sites for hydroxylation is 7. The van der Waals surface area contributed by atoms with Gasteiger partial charge in [-0.05, 0) is 302 Å². The highest BCUT2D eigenvalue weighted by Gasteiger charge is 2.37. The topological polar surface area (TPSA) is 510 Å². The molecule has 0 atom stereocenters. The fourth-order valence-corrected chi connectivity index (χ4v) is 20.5. The molecule has 11 aromatic rings. The first-order chi connectivity index (χ1) is 67.5. The van der Waals surface area contributed by atoms with Gasteiger partial charge in [0.1, 0.15) is 23.3 Å². The van der Waals surface area contributed by atoms with Crippen molar-refractivity contribution >= 4 is 109 Å². The second kappa shape index (κ2) is 44.1. The second-order valence-electron chi connectivity index (χ2n) is 35.4. The number of methoxy groups -OCH3 is 3. The lowest BCUT2D eigenvalue weighted by Crippen LogP contribution is -2.35. The molecule has 10 N–H and O–H groups in total. The van der Waals surface area contributed by atoms with Crippen LogP contribution in [0.1, 0.15) is 179 Å². The third-order valence-corrected chi connectivity index (χ3v) is 27.6. The van der Waals surface area contributed by atoms with E-state index >= 15 is 0 Å². The van der Waals surface area contributed by atoms with Gasteiger partial charge in [0.15, 0.2) is 5.03 Å². The molecule has 17 rings (SSSR count). The van der Waals surface area contributed by atoms with Crippen LogP contribution in [0, 0.1) is 37.9 Å². The van der Waals surface area contributed by atoms with E-state index in [1.54, 1.807) is 87.9 Å². The Morgan fingerprint density at radius 3 is 1.16 bits per heavy atom. The zero-order chi connectivity index (χ0) is 104. The highest BCUT2D eigenvalue weighted by molar-refractivity contribution is 7.90. The maximum absolute atomic E-state index is 14.9. The number of nitriles is 1. The summed E-state index contributed by atoms with van der Waals surface area (Å²) in [6.07, 6.45) is 23.1. The number of ether oxygens (including phenoxy) is 3. The molecule has 756 valence electrons. The molecule has 0 saturated heterocycles. The van der Waals surface area contributed by atoms with E-state index in [9.17, 15) is 83.6 Å². The van der Waals surface area contributed by atoms with Crippen molar-refractivity contribution in [3.63, 3.8) is 0 Å². The Bertz CT molecular complexity index is 7500. The lowest BCUT2D eigenvalue weighted by molar-refractivity contribution is -0.141. The summed E-state index contributed by atoms with van der Waals surface area (Å²) in [4.78, 5) is 81.7. The Kier molecular flexibility index (Phi) is 32.7. The summed E-state index contributed by atoms with van der Waals surface area (Å²) in [6, 6.07) is 25.7. The number of amides is 10. The van der Waals surface area contributed by atoms with Crippen LogP contribution in [0.25, 0.3) is 55.6 Å². The minimum Gasteiger partial charge on any atom is -0.481 e. The van der Waals surface area contributed by atoms with Crippen LogP contribution in [0.2, 0.25) is 0 Å². The fraction of sp³-hybridized carbons (Fsp3) is 0.347. The van der Waals surface area contributed by atoms with Crippen molar-refractivity contribution in [3.8, 4) is 79.3 Å². The summed E-state index contributed by atoms with van der Waals surface area (Å²) in [5.41, 5.74) is 21.7. The van der Waals surface area contributed by atoms with Gasteiger partial charge in [0.25, 0.3) is 10.0 Å². The molecule has 36 nitrogen and oxygen atoms in total. The number of aromatic nitrogens is 7. The largest absolute Gasteiger partial charge is 0.481 e. The van der Waals surface area contributed by atoms with Crippen LogP contribution < -0.4 is 64.4 Å². The molecule has 5 aromatic carbocycles. The monoisotopic (exact) mass is 2060 g/mol. The van der Waals surface area contributed by atoms with Crippen molar-refractivity contribution < 1.29 is 97.8 Å². The number of carbonyl (C=O) groups excluding carboxylic acids is 5. The predicted octanol–water partition coefficient (Wildman–Crippen LogP) is 16.6. The van der Waals surface area contributed by atoms with Gasteiger partial charge in [-0.15, -0.1) is 0 Å². The van der Waals surface area contributed by atoms with Crippen molar-refractivity contribution in [2.24, 2.45) is 0 Å². The third kappa shape index (κ3) is 27.0. The van der Waals surface area contributed by atoms with Crippen molar-refractivity contribution in [3.05, 3.63) is 229 Å². The first-order valence-electron chi connectivity index (χ1n) is 45.5. The van der Waals surface area contributed by atoms with E-state index in [0.29, 0.717) is 98.2 Å². The Morgan fingerprint density at radius 2 is 0.797 bits per heavy atom. The van der Waals surface area contributed by atoms with Crippen molar-refractivity contribution in [2.45, 2.75) is 180 Å². The van der Waals surface area contributed by atoms with Gasteiger partial charge in [-0.3, -0.25) is 9.67 Å². The van der Waals surface area contributed by atoms with Gasteiger partial charge < -0.3 is 40.8 Å². The number of urea groups is 5. The van der Waals surface area contributed by atoms with E-state index in [0.717, 1.165) is 211 Å². The maximum Gasteiger partial charge on any atom is 0.433 e. The molecule has 0 radical (unpaired) electrons. The zero-order valence-corrected chi connectivity index (χ0v) is 84.5. The number of sulfonamides is 5. The number of benzene rings is 5. The Labute approximate surface area is 826 Å². The Hall–Kier alpha value is -14.2. The Morgan fingerprint density at radius 1 is 0.448 bits per heavy atom. The lowest BCUT2D eigenvalue weighted by atomic mass is 9.89. The SMILES string of the molecule is CCc1c(F)cc(C(C)C)c(NC(=O)NS(C)(=O)=O)c1-c1ccnc(OC)c1.COc1cc(-c2c(C)cc3c(c2NC(=O)NS(=O)(=O)c2ccn(C4CC4)n2)CCC3)ccn1.COc1cc(-c2c(C3CC3)cc3c(c2NC(=O)NS(C)(=O)=O)CCC3)ccn1.Cc1cc2c(c(NC(=O)NS(C)(=O)=O)c1-c1ccnc(C#N)c1)CCC2.Cc1cc2c(c(NC(=O)NS(C)(=O)=O)c1-c1ccnc(C(F)(F)F)c1)CCC2. The fourth-order valence-electron chi connectivity index (χ4n) is 18.1. The molecule has 6 aromatic heterocycles. The molecule has 2 fully saturated rings. The van der Waals surface area contributed by atoms with Gasteiger partial charge in [-0.25, -0.2) is 106 Å². The van der Waals surface area contributed by atoms with Gasteiger partial charge >= 0.3 is 36.3 Å². The summed E-state index contributed by atoms with van der Waals surface area (Å²) in [5.74, 6) is 1.21. The minimum absolute atomic E-state index is 0.128. The van der Waals surface area contributed by atoms with Crippen LogP contribution in [-0.2, 0) is 114 Å². The van der Waals surface area contributed by atoms with Crippen molar-refractivity contribution in [1.82, 2.24) is 58.3 Å². The minimum atomic E-state index is -4.61. The van der Waals surface area contributed by atoms with E-state index in [-0.39, 0.29) is 28.2 Å². The summed E-state index contributed by atoms with van der Waals surface area (Å²) >= 11 is 0. The number of halogens is 4. The highest BCUT2D eigenvalue weighted by atomic mass is 32.2. The van der Waals surface area contributed by atoms with E-state index in [1.165, 1.54) is 48.2 Å². The molecule has 6 heterocycles. The van der Waals surface area contributed by atoms with Gasteiger partial charge in [0.05, 0.1) is 80.8 Å². The standard InChI is InChI=1S/C23H25N5O4S.C20H23N3O4S.C19H24FN3O4S.C18H18F3N3O3S.C18H18N4O3S/c1-14-12-15-4-3-5-18(15)22(21(14)16-8-10-24-19(13-16)32-2)25-23(29)27-33(30,31)20-9-11-28(26-20)17-6-7-17;1-27-17-11-14(8-9-21-17)18-16(12-6-7-12)10-13-4-3-5-15(13)19(18)22-20(24)23-28(2,25)26;1-6-13-15(20)10-14(11(2)3)18(22-19(24)23-28(5,25)26)17(13)12-7-8-21-16(9-12)27-4;1-10-8-11-4-3-5-13(11)16(23-17(25)24-28(2,26)27)15(10)12-6-7-22-14(9-12)18(19,20)21;1-11-8-12-4-3-5-15(12)17(21-18(23)22-26(2,24)25)16(11)13-6-7-20-14(9-13)10-19/h8-13,17H,3-7H2,1-2H3,(H2,25,27,29);8-12H,3-7H2,1-2H3,(H2,22,23,24);7-11H,6H2,1-5H3,(H2,22,23,24);6-9H,3-5H2,1-2H3,(H2,23,24,25);6-9H,3-5H2,1-2H3,(H2,21,22,23). The van der Waals surface area contributed by atoms with E-state index in [4.69, 9.17) is 19.5 Å². The number of nitrogens with zero attached hydrogens (tertiary/aromatic N) is 8. The third-order valence-electron chi connectivity index (χ3n) is 24.1. The van der Waals surface area contributed by atoms with Crippen molar-refractivity contribution in [2.75, 3.05) is 72.9 Å². The molecule has 0 aliphatic heterocycles. The molecular formula is C98H108F4N18O18S5. The first kappa shape index (κ1) is 106. The molecule has 6 aliphatic rings. The molecule has 6 aliphatic carbocycles. The Balaban J connectivity index is 0.000000150. The predicted molar refractivity (Wildman–Crippen MR) is 533 cm³/mol. The number of pyridine rings is 5. The van der Waals surface area contributed by atoms with Crippen LogP contribution in [-0.4, -0.2) is 153 Å². The summed E-state index contributed by atoms with van der Waals surface area (Å²) in [6.45, 7) is 11.2. The number of carbonyl (C=O) groups is 5. The summed E-state index contributed by atoms with van der Waals surface area (Å²) in [7, 11) is -14.4. The van der Waals surface area contributed by atoms with Crippen molar-refractivity contribution in [1.29, 1.82) is 5.26 Å². The number of anilines is 5. The van der Waals surface area contributed by atoms with Crippen LogP contribution in [0.3, 0.4) is 0 Å². The van der Waals surface area contributed by atoms with Crippen LogP contribution >= 0.6 is 0 Å². The molecule has 0 bridgehead atoms. The normalized spacial score (nSPS) is 13.9. The highest BCUT2D eigenvalue weighted by Crippen LogP contribution is 2.52. The van der Waals surface area contributed by atoms with Gasteiger partial charge in [0.2, 0.25) is 57.7 Å². The average molecular weight is 2060 g/mol. The molecule has 0 spiro atoms. The van der Waals surface area contributed by atoms with Gasteiger partial charge in [0, 0.05) is 83.2 Å². The molecule has 10 amide bonds. The number of hydrogen-bond acceptors (Lipinski definition) is 25. The average Bonchev–Trinajstić information content (AvgIpc) is 1.72. The smallest absolute Gasteiger partial charge is 0.433 e. The number of hydrogen-bond donors (Lipinski definition) is 10. The molecule has 0 unspecified atom stereocenters. The number of alkyl halides is 3.